The van der Waals surface area contributed by atoms with E-state index in [-0.39, 0.29) is 5.56 Å². The molecule has 0 aromatic heterocycles. The second-order valence-corrected chi connectivity index (χ2v) is 4.05. The fraction of sp³-hybridized carbons (Fsp3) is 0.154. The molecule has 0 spiro atoms. The second-order valence-electron chi connectivity index (χ2n) is 4.05. The summed E-state index contributed by atoms with van der Waals surface area (Å²) in [5, 5.41) is 9.72. The number of benzene rings is 1. The maximum atomic E-state index is 13.9. The van der Waals surface area contributed by atoms with Crippen LogP contribution < -0.4 is 5.84 Å². The number of carboxylic acid groups (broad SMARTS) is 1. The van der Waals surface area contributed by atoms with Crippen molar-refractivity contribution in [3.63, 3.8) is 0 Å². The van der Waals surface area contributed by atoms with Crippen molar-refractivity contribution < 1.29 is 14.3 Å². The number of hydrogen-bond donors (Lipinski definition) is 2. The van der Waals surface area contributed by atoms with Crippen LogP contribution in [0.4, 0.5) is 9.18 Å². The fourth-order valence-electron chi connectivity index (χ4n) is 2.10. The SMILES string of the molecule is NN(C(=O)O)C1(c2ccccc2F)C=CC=CC1. The molecule has 0 bridgehead atoms. The topological polar surface area (TPSA) is 66.6 Å². The van der Waals surface area contributed by atoms with Gasteiger partial charge in [0, 0.05) is 5.56 Å². The van der Waals surface area contributed by atoms with Crippen LogP contribution in [0.25, 0.3) is 0 Å². The number of nitrogens with two attached hydrogens (primary N) is 1. The third-order valence-electron chi connectivity index (χ3n) is 3.02. The summed E-state index contributed by atoms with van der Waals surface area (Å²) in [6.07, 6.45) is 5.79. The number of rotatable bonds is 2. The third kappa shape index (κ3) is 1.89. The predicted molar refractivity (Wildman–Crippen MR) is 65.0 cm³/mol. The second kappa shape index (κ2) is 4.62. The van der Waals surface area contributed by atoms with E-state index in [2.05, 4.69) is 0 Å². The van der Waals surface area contributed by atoms with Crippen molar-refractivity contribution in [1.29, 1.82) is 0 Å². The molecule has 1 aromatic rings. The minimum atomic E-state index is -1.31. The van der Waals surface area contributed by atoms with Crippen LogP contribution >= 0.6 is 0 Å². The van der Waals surface area contributed by atoms with Crippen LogP contribution in [-0.4, -0.2) is 16.2 Å². The van der Waals surface area contributed by atoms with E-state index in [0.717, 1.165) is 0 Å². The first-order chi connectivity index (χ1) is 8.58. The van der Waals surface area contributed by atoms with Gasteiger partial charge in [-0.25, -0.2) is 20.0 Å². The van der Waals surface area contributed by atoms with Gasteiger partial charge in [-0.2, -0.15) is 0 Å². The highest BCUT2D eigenvalue weighted by Gasteiger charge is 2.39. The molecule has 0 saturated heterocycles. The molecule has 1 aliphatic carbocycles. The Kier molecular flexibility index (Phi) is 3.16. The lowest BCUT2D eigenvalue weighted by atomic mass is 9.83. The summed E-state index contributed by atoms with van der Waals surface area (Å²) < 4.78 is 13.9. The van der Waals surface area contributed by atoms with Crippen molar-refractivity contribution in [1.82, 2.24) is 5.01 Å². The molecule has 5 heteroatoms. The van der Waals surface area contributed by atoms with Gasteiger partial charge in [-0.1, -0.05) is 42.5 Å². The summed E-state index contributed by atoms with van der Waals surface area (Å²) >= 11 is 0. The lowest BCUT2D eigenvalue weighted by molar-refractivity contribution is 0.0952. The monoisotopic (exact) mass is 248 g/mol. The maximum Gasteiger partial charge on any atom is 0.422 e. The molecule has 2 rings (SSSR count). The Labute approximate surface area is 104 Å². The normalized spacial score (nSPS) is 21.9. The molecule has 0 heterocycles. The number of carbonyl (C=O) groups is 1. The number of hydrazine groups is 1. The van der Waals surface area contributed by atoms with Crippen LogP contribution in [0.5, 0.6) is 0 Å². The summed E-state index contributed by atoms with van der Waals surface area (Å²) in [5.74, 6) is 5.13. The summed E-state index contributed by atoms with van der Waals surface area (Å²) in [7, 11) is 0. The van der Waals surface area contributed by atoms with Gasteiger partial charge in [0.2, 0.25) is 0 Å². The van der Waals surface area contributed by atoms with Gasteiger partial charge in [-0.05, 0) is 12.5 Å². The number of allylic oxidation sites excluding steroid dienone is 2. The lowest BCUT2D eigenvalue weighted by Crippen LogP contribution is -2.52. The highest BCUT2D eigenvalue weighted by Crippen LogP contribution is 2.36. The van der Waals surface area contributed by atoms with Gasteiger partial charge in [0.25, 0.3) is 0 Å². The van der Waals surface area contributed by atoms with Gasteiger partial charge in [0.15, 0.2) is 0 Å². The molecule has 0 saturated carbocycles. The molecule has 1 aliphatic rings. The molecule has 1 aromatic carbocycles. The predicted octanol–water partition coefficient (Wildman–Crippen LogP) is 2.39. The van der Waals surface area contributed by atoms with Crippen molar-refractivity contribution >= 4 is 6.09 Å². The van der Waals surface area contributed by atoms with Gasteiger partial charge in [0.05, 0.1) is 0 Å². The smallest absolute Gasteiger partial charge is 0.422 e. The summed E-state index contributed by atoms with van der Waals surface area (Å²) in [6.45, 7) is 0. The Hall–Kier alpha value is -2.14. The molecule has 1 unspecified atom stereocenters. The van der Waals surface area contributed by atoms with Gasteiger partial charge in [-0.3, -0.25) is 0 Å². The van der Waals surface area contributed by atoms with Crippen LogP contribution in [0, 0.1) is 5.82 Å². The molecule has 3 N–H and O–H groups in total. The van der Waals surface area contributed by atoms with E-state index in [1.807, 2.05) is 0 Å². The average molecular weight is 248 g/mol. The lowest BCUT2D eigenvalue weighted by Gasteiger charge is -2.38. The van der Waals surface area contributed by atoms with E-state index in [0.29, 0.717) is 11.4 Å². The highest BCUT2D eigenvalue weighted by molar-refractivity contribution is 5.67. The van der Waals surface area contributed by atoms with Crippen molar-refractivity contribution in [3.8, 4) is 0 Å². The number of amides is 1. The van der Waals surface area contributed by atoms with Gasteiger partial charge in [-0.15, -0.1) is 0 Å². The Balaban J connectivity index is 2.57. The van der Waals surface area contributed by atoms with Crippen molar-refractivity contribution in [3.05, 3.63) is 60.0 Å². The molecule has 1 amide bonds. The van der Waals surface area contributed by atoms with E-state index in [4.69, 9.17) is 10.9 Å². The molecule has 0 radical (unpaired) electrons. The summed E-state index contributed by atoms with van der Waals surface area (Å²) in [5.41, 5.74) is -0.943. The van der Waals surface area contributed by atoms with Crippen LogP contribution in [0.3, 0.4) is 0 Å². The van der Waals surface area contributed by atoms with Crippen molar-refractivity contribution in [2.24, 2.45) is 5.84 Å². The van der Waals surface area contributed by atoms with E-state index >= 15 is 0 Å². The molecule has 1 atom stereocenters. The quantitative estimate of drug-likeness (QED) is 0.479. The van der Waals surface area contributed by atoms with E-state index in [1.165, 1.54) is 6.07 Å². The van der Waals surface area contributed by atoms with Gasteiger partial charge < -0.3 is 5.11 Å². The Bertz CT molecular complexity index is 527. The third-order valence-corrected chi connectivity index (χ3v) is 3.02. The minimum Gasteiger partial charge on any atom is -0.464 e. The molecule has 0 aliphatic heterocycles. The minimum absolute atomic E-state index is 0.246. The van der Waals surface area contributed by atoms with E-state index in [1.54, 1.807) is 42.5 Å². The molecular weight excluding hydrogens is 235 g/mol. The first-order valence-corrected chi connectivity index (χ1v) is 5.45. The Morgan fingerprint density at radius 2 is 2.11 bits per heavy atom. The summed E-state index contributed by atoms with van der Waals surface area (Å²) in [4.78, 5) is 11.1. The number of hydrogen-bond acceptors (Lipinski definition) is 2. The Morgan fingerprint density at radius 1 is 1.39 bits per heavy atom. The zero-order chi connectivity index (χ0) is 13.2. The van der Waals surface area contributed by atoms with Crippen molar-refractivity contribution in [2.75, 3.05) is 0 Å². The average Bonchev–Trinajstić information content (AvgIpc) is 2.39. The summed E-state index contributed by atoms with van der Waals surface area (Å²) in [6, 6.07) is 6.04. The first kappa shape index (κ1) is 12.3. The molecule has 4 nitrogen and oxygen atoms in total. The molecule has 0 fully saturated rings. The maximum absolute atomic E-state index is 13.9. The van der Waals surface area contributed by atoms with Crippen LogP contribution in [0.15, 0.2) is 48.6 Å². The van der Waals surface area contributed by atoms with Crippen LogP contribution in [0.1, 0.15) is 12.0 Å². The standard InChI is InChI=1S/C13H13FN2O2/c14-11-7-3-2-6-10(11)13(16(15)12(17)18)8-4-1-5-9-13/h1-8H,9,15H2,(H,17,18). The van der Waals surface area contributed by atoms with Gasteiger partial charge >= 0.3 is 6.09 Å². The zero-order valence-electron chi connectivity index (χ0n) is 9.58. The van der Waals surface area contributed by atoms with Gasteiger partial charge in [0.1, 0.15) is 11.4 Å². The van der Waals surface area contributed by atoms with E-state index in [9.17, 15) is 9.18 Å². The first-order valence-electron chi connectivity index (χ1n) is 5.45. The molecule has 18 heavy (non-hydrogen) atoms. The van der Waals surface area contributed by atoms with Crippen LogP contribution in [-0.2, 0) is 5.54 Å². The fourth-order valence-corrected chi connectivity index (χ4v) is 2.10. The highest BCUT2D eigenvalue weighted by atomic mass is 19.1. The zero-order valence-corrected chi connectivity index (χ0v) is 9.58. The number of halogens is 1. The van der Waals surface area contributed by atoms with Crippen LogP contribution in [0.2, 0.25) is 0 Å². The Morgan fingerprint density at radius 3 is 2.67 bits per heavy atom. The van der Waals surface area contributed by atoms with Crippen molar-refractivity contribution in [2.45, 2.75) is 12.0 Å². The molecular formula is C13H13FN2O2. The molecule has 94 valence electrons. The largest absolute Gasteiger partial charge is 0.464 e. The number of nitrogens with zero attached hydrogens (tertiary/aromatic N) is 1. The van der Waals surface area contributed by atoms with E-state index < -0.39 is 17.4 Å².